The maximum Gasteiger partial charge on any atom is 0.125 e. The van der Waals surface area contributed by atoms with E-state index in [2.05, 4.69) is 52.6 Å². The van der Waals surface area contributed by atoms with Crippen molar-refractivity contribution in [1.29, 1.82) is 0 Å². The Hall–Kier alpha value is -1.22. The van der Waals surface area contributed by atoms with Gasteiger partial charge in [0.1, 0.15) is 5.75 Å². The van der Waals surface area contributed by atoms with E-state index < -0.39 is 0 Å². The molecule has 0 amide bonds. The van der Waals surface area contributed by atoms with Gasteiger partial charge in [-0.05, 0) is 55.5 Å². The highest BCUT2D eigenvalue weighted by molar-refractivity contribution is 5.62. The molecule has 0 unspecified atom stereocenters. The van der Waals surface area contributed by atoms with Gasteiger partial charge < -0.3 is 15.4 Å². The number of ether oxygens (including phenoxy) is 1. The van der Waals surface area contributed by atoms with Gasteiger partial charge in [0, 0.05) is 19.3 Å². The molecule has 3 heteroatoms. The Morgan fingerprint density at radius 2 is 1.79 bits per heavy atom. The summed E-state index contributed by atoms with van der Waals surface area (Å²) in [5, 5.41) is 0. The molecule has 0 bridgehead atoms. The van der Waals surface area contributed by atoms with Crippen LogP contribution < -0.4 is 15.4 Å². The molecule has 1 aromatic carbocycles. The molecule has 19 heavy (non-hydrogen) atoms. The Kier molecular flexibility index (Phi) is 4.86. The number of anilines is 1. The molecular weight excluding hydrogens is 236 g/mol. The van der Waals surface area contributed by atoms with E-state index in [0.717, 1.165) is 12.3 Å². The molecule has 0 radical (unpaired) electrons. The van der Waals surface area contributed by atoms with Crippen LogP contribution >= 0.6 is 0 Å². The molecule has 1 rings (SSSR count). The predicted molar refractivity (Wildman–Crippen MR) is 83.3 cm³/mol. The lowest BCUT2D eigenvalue weighted by molar-refractivity contribution is 0.384. The normalized spacial score (nSPS) is 11.6. The average molecular weight is 264 g/mol. The molecule has 0 atom stereocenters. The molecule has 0 aliphatic rings. The van der Waals surface area contributed by atoms with Gasteiger partial charge in [0.15, 0.2) is 0 Å². The van der Waals surface area contributed by atoms with Crippen molar-refractivity contribution in [3.63, 3.8) is 0 Å². The maximum atomic E-state index is 5.83. The Balaban J connectivity index is 3.15. The van der Waals surface area contributed by atoms with E-state index in [0.29, 0.717) is 6.54 Å². The number of aryl methyl sites for hydroxylation is 1. The van der Waals surface area contributed by atoms with E-state index in [4.69, 9.17) is 10.5 Å². The van der Waals surface area contributed by atoms with Crippen molar-refractivity contribution in [1.82, 2.24) is 0 Å². The SMILES string of the molecule is COc1c(C)cc(N(C)CC(C)(C)CN)c(C)c1C. The predicted octanol–water partition coefficient (Wildman–Crippen LogP) is 3.04. The van der Waals surface area contributed by atoms with Crippen molar-refractivity contribution in [2.24, 2.45) is 11.1 Å². The van der Waals surface area contributed by atoms with Gasteiger partial charge in [0.25, 0.3) is 0 Å². The van der Waals surface area contributed by atoms with Crippen molar-refractivity contribution >= 4 is 5.69 Å². The smallest absolute Gasteiger partial charge is 0.125 e. The van der Waals surface area contributed by atoms with Crippen molar-refractivity contribution in [2.75, 3.05) is 32.1 Å². The standard InChI is InChI=1S/C16H28N2O/c1-11-8-14(12(2)13(3)15(11)19-7)18(6)10-16(4,5)9-17/h8H,9-10,17H2,1-7H3. The van der Waals surface area contributed by atoms with Gasteiger partial charge in [-0.2, -0.15) is 0 Å². The molecule has 0 saturated carbocycles. The second-order valence-corrected chi connectivity index (χ2v) is 6.22. The summed E-state index contributed by atoms with van der Waals surface area (Å²) in [7, 11) is 3.86. The summed E-state index contributed by atoms with van der Waals surface area (Å²) in [6.45, 7) is 12.4. The summed E-state index contributed by atoms with van der Waals surface area (Å²) in [5.41, 5.74) is 10.9. The van der Waals surface area contributed by atoms with E-state index in [9.17, 15) is 0 Å². The van der Waals surface area contributed by atoms with Crippen molar-refractivity contribution in [2.45, 2.75) is 34.6 Å². The molecule has 0 aromatic heterocycles. The quantitative estimate of drug-likeness (QED) is 0.888. The van der Waals surface area contributed by atoms with Gasteiger partial charge >= 0.3 is 0 Å². The number of hydrogen-bond donors (Lipinski definition) is 1. The number of rotatable bonds is 5. The third kappa shape index (κ3) is 3.41. The summed E-state index contributed by atoms with van der Waals surface area (Å²) in [6, 6.07) is 2.20. The number of methoxy groups -OCH3 is 1. The molecule has 0 aliphatic heterocycles. The Bertz CT molecular complexity index is 453. The molecule has 108 valence electrons. The van der Waals surface area contributed by atoms with Gasteiger partial charge in [0.2, 0.25) is 0 Å². The zero-order valence-electron chi connectivity index (χ0n) is 13.4. The zero-order chi connectivity index (χ0) is 14.8. The molecule has 0 saturated heterocycles. The number of hydrogen-bond acceptors (Lipinski definition) is 3. The number of benzene rings is 1. The molecule has 1 aromatic rings. The molecule has 2 N–H and O–H groups in total. The van der Waals surface area contributed by atoms with Crippen LogP contribution in [0.5, 0.6) is 5.75 Å². The fourth-order valence-electron chi connectivity index (χ4n) is 2.54. The fraction of sp³-hybridized carbons (Fsp3) is 0.625. The number of nitrogens with zero attached hydrogens (tertiary/aromatic N) is 1. The van der Waals surface area contributed by atoms with E-state index in [-0.39, 0.29) is 5.41 Å². The number of nitrogens with two attached hydrogens (primary N) is 1. The molecule has 0 spiro atoms. The maximum absolute atomic E-state index is 5.83. The van der Waals surface area contributed by atoms with Crippen LogP contribution in [0.25, 0.3) is 0 Å². The lowest BCUT2D eigenvalue weighted by Gasteiger charge is -2.32. The molecule has 0 fully saturated rings. The van der Waals surface area contributed by atoms with Gasteiger partial charge in [-0.25, -0.2) is 0 Å². The van der Waals surface area contributed by atoms with Crippen LogP contribution in [0.3, 0.4) is 0 Å². The first-order valence-corrected chi connectivity index (χ1v) is 6.79. The summed E-state index contributed by atoms with van der Waals surface area (Å²) >= 11 is 0. The molecule has 0 heterocycles. The van der Waals surface area contributed by atoms with Crippen molar-refractivity contribution in [3.05, 3.63) is 22.8 Å². The molecule has 0 aliphatic carbocycles. The van der Waals surface area contributed by atoms with Crippen LogP contribution in [0.4, 0.5) is 5.69 Å². The van der Waals surface area contributed by atoms with E-state index >= 15 is 0 Å². The first kappa shape index (κ1) is 15.8. The third-order valence-electron chi connectivity index (χ3n) is 3.83. The van der Waals surface area contributed by atoms with E-state index in [1.807, 2.05) is 0 Å². The fourth-order valence-corrected chi connectivity index (χ4v) is 2.54. The summed E-state index contributed by atoms with van der Waals surface area (Å²) < 4.78 is 5.47. The monoisotopic (exact) mass is 264 g/mol. The van der Waals surface area contributed by atoms with Crippen LogP contribution in [0.2, 0.25) is 0 Å². The van der Waals surface area contributed by atoms with Crippen LogP contribution in [-0.4, -0.2) is 27.2 Å². The second-order valence-electron chi connectivity index (χ2n) is 6.22. The van der Waals surface area contributed by atoms with Crippen LogP contribution in [0.15, 0.2) is 6.07 Å². The Labute approximate surface area is 117 Å². The molecular formula is C16H28N2O. The van der Waals surface area contributed by atoms with Crippen molar-refractivity contribution < 1.29 is 4.74 Å². The average Bonchev–Trinajstić information content (AvgIpc) is 2.33. The largest absolute Gasteiger partial charge is 0.496 e. The van der Waals surface area contributed by atoms with Crippen LogP contribution in [0, 0.1) is 26.2 Å². The van der Waals surface area contributed by atoms with Crippen LogP contribution in [0.1, 0.15) is 30.5 Å². The van der Waals surface area contributed by atoms with Crippen molar-refractivity contribution in [3.8, 4) is 5.75 Å². The highest BCUT2D eigenvalue weighted by atomic mass is 16.5. The lowest BCUT2D eigenvalue weighted by atomic mass is 9.92. The summed E-state index contributed by atoms with van der Waals surface area (Å²) in [4.78, 5) is 2.29. The van der Waals surface area contributed by atoms with Crippen LogP contribution in [-0.2, 0) is 0 Å². The topological polar surface area (TPSA) is 38.5 Å². The first-order valence-electron chi connectivity index (χ1n) is 6.79. The minimum atomic E-state index is 0.114. The van der Waals surface area contributed by atoms with Gasteiger partial charge in [-0.3, -0.25) is 0 Å². The zero-order valence-corrected chi connectivity index (χ0v) is 13.4. The first-order chi connectivity index (χ1) is 8.73. The minimum absolute atomic E-state index is 0.114. The lowest BCUT2D eigenvalue weighted by Crippen LogP contribution is -2.37. The third-order valence-corrected chi connectivity index (χ3v) is 3.83. The second kappa shape index (κ2) is 5.83. The van der Waals surface area contributed by atoms with E-state index in [1.165, 1.54) is 22.4 Å². The van der Waals surface area contributed by atoms with Gasteiger partial charge in [-0.15, -0.1) is 0 Å². The highest BCUT2D eigenvalue weighted by Crippen LogP contribution is 2.34. The Morgan fingerprint density at radius 3 is 2.26 bits per heavy atom. The summed E-state index contributed by atoms with van der Waals surface area (Å²) in [5.74, 6) is 0.993. The van der Waals surface area contributed by atoms with E-state index in [1.54, 1.807) is 7.11 Å². The summed E-state index contributed by atoms with van der Waals surface area (Å²) in [6.07, 6.45) is 0. The highest BCUT2D eigenvalue weighted by Gasteiger charge is 2.20. The molecule has 3 nitrogen and oxygen atoms in total. The Morgan fingerprint density at radius 1 is 1.21 bits per heavy atom. The minimum Gasteiger partial charge on any atom is -0.496 e. The van der Waals surface area contributed by atoms with Gasteiger partial charge in [0.05, 0.1) is 7.11 Å². The van der Waals surface area contributed by atoms with Gasteiger partial charge in [-0.1, -0.05) is 13.8 Å².